The second kappa shape index (κ2) is 12.0. The van der Waals surface area contributed by atoms with Crippen LogP contribution in [0.5, 0.6) is 0 Å². The van der Waals surface area contributed by atoms with E-state index in [1.807, 2.05) is 29.2 Å². The molecule has 0 atom stereocenters. The summed E-state index contributed by atoms with van der Waals surface area (Å²) in [5, 5.41) is 11.9. The van der Waals surface area contributed by atoms with E-state index < -0.39 is 0 Å². The SMILES string of the molecule is CC(C)N(Cc1ccccc1)C(=O)CSc1nnc(Cc2cccs2)n1CCc1ccccc1. The Morgan fingerprint density at radius 2 is 1.68 bits per heavy atom. The van der Waals surface area contributed by atoms with E-state index in [0.29, 0.717) is 12.3 Å². The summed E-state index contributed by atoms with van der Waals surface area (Å²) in [5.74, 6) is 1.40. The number of hydrogen-bond acceptors (Lipinski definition) is 5. The molecular weight excluding hydrogens is 460 g/mol. The van der Waals surface area contributed by atoms with Crippen molar-refractivity contribution in [2.45, 2.75) is 51.0 Å². The molecule has 0 aliphatic heterocycles. The fourth-order valence-corrected chi connectivity index (χ4v) is 5.35. The molecule has 0 unspecified atom stereocenters. The number of amides is 1. The number of benzene rings is 2. The normalized spacial score (nSPS) is 11.1. The van der Waals surface area contributed by atoms with Crippen molar-refractivity contribution in [2.24, 2.45) is 0 Å². The molecule has 5 nitrogen and oxygen atoms in total. The highest BCUT2D eigenvalue weighted by Crippen LogP contribution is 2.22. The Morgan fingerprint density at radius 3 is 2.32 bits per heavy atom. The van der Waals surface area contributed by atoms with Crippen LogP contribution in [0.3, 0.4) is 0 Å². The van der Waals surface area contributed by atoms with Crippen LogP contribution < -0.4 is 0 Å². The highest BCUT2D eigenvalue weighted by atomic mass is 32.2. The number of carbonyl (C=O) groups is 1. The van der Waals surface area contributed by atoms with Gasteiger partial charge in [-0.3, -0.25) is 4.79 Å². The van der Waals surface area contributed by atoms with E-state index in [1.165, 1.54) is 22.2 Å². The molecule has 2 aromatic carbocycles. The summed E-state index contributed by atoms with van der Waals surface area (Å²) in [4.78, 5) is 16.4. The van der Waals surface area contributed by atoms with Crippen LogP contribution in [0.1, 0.15) is 35.7 Å². The molecule has 0 spiro atoms. The van der Waals surface area contributed by atoms with Crippen LogP contribution in [0.2, 0.25) is 0 Å². The monoisotopic (exact) mass is 490 g/mol. The molecule has 4 rings (SSSR count). The van der Waals surface area contributed by atoms with Crippen LogP contribution in [0.15, 0.2) is 83.3 Å². The van der Waals surface area contributed by atoms with Crippen molar-refractivity contribution in [3.8, 4) is 0 Å². The van der Waals surface area contributed by atoms with Gasteiger partial charge in [-0.1, -0.05) is 78.5 Å². The molecule has 176 valence electrons. The van der Waals surface area contributed by atoms with Gasteiger partial charge in [0.2, 0.25) is 5.91 Å². The molecule has 0 aliphatic rings. The lowest BCUT2D eigenvalue weighted by Crippen LogP contribution is -2.37. The van der Waals surface area contributed by atoms with Crippen LogP contribution in [-0.2, 0) is 30.7 Å². The van der Waals surface area contributed by atoms with Gasteiger partial charge in [-0.15, -0.1) is 21.5 Å². The smallest absolute Gasteiger partial charge is 0.233 e. The number of aryl methyl sites for hydroxylation is 1. The first-order valence-corrected chi connectivity index (χ1v) is 13.4. The van der Waals surface area contributed by atoms with E-state index in [1.54, 1.807) is 11.3 Å². The highest BCUT2D eigenvalue weighted by molar-refractivity contribution is 7.99. The number of thioether (sulfide) groups is 1. The summed E-state index contributed by atoms with van der Waals surface area (Å²) < 4.78 is 2.18. The van der Waals surface area contributed by atoms with Gasteiger partial charge in [0.05, 0.1) is 5.75 Å². The van der Waals surface area contributed by atoms with Gasteiger partial charge in [0.1, 0.15) is 5.82 Å². The van der Waals surface area contributed by atoms with E-state index in [-0.39, 0.29) is 11.9 Å². The Labute approximate surface area is 209 Å². The standard InChI is InChI=1S/C27H30N4OS2/c1-21(2)31(19-23-12-7-4-8-13-23)26(32)20-34-27-29-28-25(18-24-14-9-17-33-24)30(27)16-15-22-10-5-3-6-11-22/h3-14,17,21H,15-16,18-20H2,1-2H3. The lowest BCUT2D eigenvalue weighted by molar-refractivity contribution is -0.130. The predicted octanol–water partition coefficient (Wildman–Crippen LogP) is 5.70. The number of rotatable bonds is 11. The third kappa shape index (κ3) is 6.58. The second-order valence-electron chi connectivity index (χ2n) is 8.43. The molecule has 1 amide bonds. The van der Waals surface area contributed by atoms with Gasteiger partial charge in [-0.05, 0) is 42.8 Å². The molecule has 7 heteroatoms. The molecule has 34 heavy (non-hydrogen) atoms. The van der Waals surface area contributed by atoms with Crippen LogP contribution >= 0.6 is 23.1 Å². The first-order chi connectivity index (χ1) is 16.6. The van der Waals surface area contributed by atoms with Crippen molar-refractivity contribution in [2.75, 3.05) is 5.75 Å². The van der Waals surface area contributed by atoms with Gasteiger partial charge in [0, 0.05) is 30.4 Å². The zero-order valence-corrected chi connectivity index (χ0v) is 21.3. The molecule has 0 saturated carbocycles. The van der Waals surface area contributed by atoms with Crippen molar-refractivity contribution >= 4 is 29.0 Å². The van der Waals surface area contributed by atoms with Crippen LogP contribution in [-0.4, -0.2) is 37.4 Å². The van der Waals surface area contributed by atoms with Crippen molar-refractivity contribution in [3.63, 3.8) is 0 Å². The van der Waals surface area contributed by atoms with E-state index in [4.69, 9.17) is 0 Å². The van der Waals surface area contributed by atoms with Gasteiger partial charge in [0.15, 0.2) is 5.16 Å². The Kier molecular flexibility index (Phi) is 8.55. The second-order valence-corrected chi connectivity index (χ2v) is 10.4. The predicted molar refractivity (Wildman–Crippen MR) is 140 cm³/mol. The minimum Gasteiger partial charge on any atom is -0.335 e. The van der Waals surface area contributed by atoms with Gasteiger partial charge in [-0.2, -0.15) is 0 Å². The minimum atomic E-state index is 0.112. The van der Waals surface area contributed by atoms with Crippen molar-refractivity contribution < 1.29 is 4.79 Å². The lowest BCUT2D eigenvalue weighted by Gasteiger charge is -2.27. The van der Waals surface area contributed by atoms with E-state index in [2.05, 4.69) is 82.5 Å². The summed E-state index contributed by atoms with van der Waals surface area (Å²) in [6, 6.07) is 24.9. The average molecular weight is 491 g/mol. The summed E-state index contributed by atoms with van der Waals surface area (Å²) >= 11 is 3.21. The maximum atomic E-state index is 13.2. The molecule has 0 N–H and O–H groups in total. The molecular formula is C27H30N4OS2. The lowest BCUT2D eigenvalue weighted by atomic mass is 10.1. The Morgan fingerprint density at radius 1 is 0.971 bits per heavy atom. The Bertz CT molecular complexity index is 1160. The third-order valence-corrected chi connectivity index (χ3v) is 7.46. The van der Waals surface area contributed by atoms with Gasteiger partial charge in [0.25, 0.3) is 0 Å². The van der Waals surface area contributed by atoms with E-state index in [9.17, 15) is 4.79 Å². The van der Waals surface area contributed by atoms with Crippen LogP contribution in [0.25, 0.3) is 0 Å². The number of carbonyl (C=O) groups excluding carboxylic acids is 1. The molecule has 2 aromatic heterocycles. The molecule has 0 saturated heterocycles. The zero-order chi connectivity index (χ0) is 23.8. The largest absolute Gasteiger partial charge is 0.335 e. The Hall–Kier alpha value is -2.90. The van der Waals surface area contributed by atoms with Crippen molar-refractivity contribution in [1.29, 1.82) is 0 Å². The van der Waals surface area contributed by atoms with E-state index in [0.717, 1.165) is 35.9 Å². The quantitative estimate of drug-likeness (QED) is 0.253. The van der Waals surface area contributed by atoms with Gasteiger partial charge >= 0.3 is 0 Å². The van der Waals surface area contributed by atoms with Crippen LogP contribution in [0, 0.1) is 0 Å². The van der Waals surface area contributed by atoms with Crippen molar-refractivity contribution in [3.05, 3.63) is 100 Å². The maximum Gasteiger partial charge on any atom is 0.233 e. The number of hydrogen-bond donors (Lipinski definition) is 0. The van der Waals surface area contributed by atoms with Crippen molar-refractivity contribution in [1.82, 2.24) is 19.7 Å². The minimum absolute atomic E-state index is 0.112. The fraction of sp³-hybridized carbons (Fsp3) is 0.296. The molecule has 0 radical (unpaired) electrons. The molecule has 0 fully saturated rings. The number of aromatic nitrogens is 3. The number of thiophene rings is 1. The summed E-state index contributed by atoms with van der Waals surface area (Å²) in [5.41, 5.74) is 2.41. The molecule has 2 heterocycles. The van der Waals surface area contributed by atoms with Gasteiger partial charge in [-0.25, -0.2) is 0 Å². The molecule has 4 aromatic rings. The summed E-state index contributed by atoms with van der Waals surface area (Å²) in [7, 11) is 0. The fourth-order valence-electron chi connectivity index (χ4n) is 3.78. The maximum absolute atomic E-state index is 13.2. The number of nitrogens with zero attached hydrogens (tertiary/aromatic N) is 4. The van der Waals surface area contributed by atoms with Gasteiger partial charge < -0.3 is 9.47 Å². The van der Waals surface area contributed by atoms with Crippen LogP contribution in [0.4, 0.5) is 0 Å². The topological polar surface area (TPSA) is 51.0 Å². The Balaban J connectivity index is 1.47. The molecule has 0 aliphatic carbocycles. The highest BCUT2D eigenvalue weighted by Gasteiger charge is 2.20. The average Bonchev–Trinajstić information content (AvgIpc) is 3.51. The summed E-state index contributed by atoms with van der Waals surface area (Å²) in [6.45, 7) is 5.52. The first kappa shape index (κ1) is 24.2. The molecule has 0 bridgehead atoms. The third-order valence-electron chi connectivity index (χ3n) is 5.64. The first-order valence-electron chi connectivity index (χ1n) is 11.5. The zero-order valence-electron chi connectivity index (χ0n) is 19.6. The van der Waals surface area contributed by atoms with E-state index >= 15 is 0 Å². The summed E-state index contributed by atoms with van der Waals surface area (Å²) in [6.07, 6.45) is 1.64.